The van der Waals surface area contributed by atoms with Crippen LogP contribution in [0, 0.1) is 11.7 Å². The first-order valence-corrected chi connectivity index (χ1v) is 14.1. The van der Waals surface area contributed by atoms with E-state index in [-0.39, 0.29) is 36.0 Å². The summed E-state index contributed by atoms with van der Waals surface area (Å²) < 4.78 is 101. The molecule has 1 saturated carbocycles. The number of carbonyl (C=O) groups excluding carboxylic acids is 2. The molecule has 9 nitrogen and oxygen atoms in total. The topological polar surface area (TPSA) is 118 Å². The number of aromatic amines is 1. The summed E-state index contributed by atoms with van der Waals surface area (Å²) in [5.41, 5.74) is -3.13. The van der Waals surface area contributed by atoms with E-state index in [1.165, 1.54) is 17.1 Å². The third-order valence-electron chi connectivity index (χ3n) is 7.58. The van der Waals surface area contributed by atoms with Gasteiger partial charge in [0.2, 0.25) is 17.7 Å². The summed E-state index contributed by atoms with van der Waals surface area (Å²) in [6.45, 7) is 5.12. The number of hydrogen-bond acceptors (Lipinski definition) is 5. The number of nitrogens with zero attached hydrogens (tertiary/aromatic N) is 4. The molecule has 2 amide bonds. The molecule has 44 heavy (non-hydrogen) atoms. The van der Waals surface area contributed by atoms with Crippen molar-refractivity contribution in [2.75, 3.05) is 6.54 Å². The average molecular weight is 634 g/mol. The molecule has 1 aromatic carbocycles. The van der Waals surface area contributed by atoms with E-state index < -0.39 is 90.2 Å². The Morgan fingerprint density at radius 1 is 1.16 bits per heavy atom. The lowest BCUT2D eigenvalue weighted by atomic mass is 9.81. The highest BCUT2D eigenvalue weighted by molar-refractivity contribution is 5.91. The van der Waals surface area contributed by atoms with Crippen molar-refractivity contribution in [3.05, 3.63) is 41.5 Å². The Bertz CT molecular complexity index is 1470. The fourth-order valence-electron chi connectivity index (χ4n) is 5.28. The normalized spacial score (nSPS) is 18.0. The molecule has 0 aliphatic heterocycles. The van der Waals surface area contributed by atoms with Crippen LogP contribution in [0.3, 0.4) is 0 Å². The van der Waals surface area contributed by atoms with E-state index >= 15 is 4.39 Å². The van der Waals surface area contributed by atoms with Gasteiger partial charge in [-0.05, 0) is 52.5 Å². The molecule has 1 aliphatic rings. The molecule has 242 valence electrons. The number of carbonyl (C=O) groups is 2. The number of aromatic nitrogens is 5. The average Bonchev–Trinajstić information content (AvgIpc) is 3.60. The van der Waals surface area contributed by atoms with Gasteiger partial charge in [0.25, 0.3) is 12.3 Å². The number of halogens is 7. The minimum atomic E-state index is -3.66. The lowest BCUT2D eigenvalue weighted by molar-refractivity contribution is -0.126. The van der Waals surface area contributed by atoms with Crippen LogP contribution in [0.4, 0.5) is 30.7 Å². The van der Waals surface area contributed by atoms with Gasteiger partial charge in [0.15, 0.2) is 12.0 Å². The molecule has 1 fully saturated rings. The number of amides is 2. The van der Waals surface area contributed by atoms with Crippen LogP contribution in [0.25, 0.3) is 11.0 Å². The number of imidazole rings is 1. The Balaban J connectivity index is 1.73. The molecule has 1 aliphatic carbocycles. The molecule has 3 aromatic rings. The van der Waals surface area contributed by atoms with Gasteiger partial charge in [0.05, 0.1) is 18.1 Å². The van der Waals surface area contributed by atoms with E-state index in [0.29, 0.717) is 0 Å². The van der Waals surface area contributed by atoms with Crippen molar-refractivity contribution in [1.82, 2.24) is 35.4 Å². The highest BCUT2D eigenvalue weighted by Gasteiger charge is 2.41. The maximum atomic E-state index is 15.9. The summed E-state index contributed by atoms with van der Waals surface area (Å²) >= 11 is 0. The smallest absolute Gasteiger partial charge is 0.289 e. The molecular formula is C28H34F7N7O2. The first-order valence-electron chi connectivity index (χ1n) is 14.1. The maximum Gasteiger partial charge on any atom is 0.289 e. The molecule has 0 bridgehead atoms. The standard InChI is InChI=1S/C28H34F7N7O2/c1-13(2)42-24(37-12-38-42)26(44)41-20(14-7-9-28(34,35)10-8-14)23-39-16-6-5-15(18(29)21(16)40-23)17(19(30)22(31)32)25(43)36-11-27(3,4)33/h5-6,12-14,17,19-20,22H,7-11H2,1-4H3,(H,36,43)(H,39,40)(H,41,44)/t17?,19?,20-/m0/s1. The van der Waals surface area contributed by atoms with Crippen LogP contribution in [0.5, 0.6) is 0 Å². The molecule has 4 rings (SSSR count). The lowest BCUT2D eigenvalue weighted by Crippen LogP contribution is -2.42. The third-order valence-corrected chi connectivity index (χ3v) is 7.58. The second-order valence-corrected chi connectivity index (χ2v) is 11.9. The molecular weight excluding hydrogens is 599 g/mol. The quantitative estimate of drug-likeness (QED) is 0.234. The number of hydrogen-bond donors (Lipinski definition) is 3. The summed E-state index contributed by atoms with van der Waals surface area (Å²) in [6.07, 6.45) is -6.54. The van der Waals surface area contributed by atoms with Gasteiger partial charge in [0.1, 0.15) is 29.3 Å². The SMILES string of the molecule is CC(C)n1ncnc1C(=O)N[C@H](c1nc2c(F)c(C(C(=O)NCC(C)(C)F)C(F)C(F)F)ccc2[nH]1)C1CCC(F)(F)CC1. The van der Waals surface area contributed by atoms with Crippen molar-refractivity contribution in [3.8, 4) is 0 Å². The van der Waals surface area contributed by atoms with Gasteiger partial charge in [-0.15, -0.1) is 0 Å². The van der Waals surface area contributed by atoms with Crippen molar-refractivity contribution in [2.45, 2.75) is 95.6 Å². The van der Waals surface area contributed by atoms with Crippen LogP contribution < -0.4 is 10.6 Å². The monoisotopic (exact) mass is 633 g/mol. The van der Waals surface area contributed by atoms with Crippen LogP contribution in [-0.2, 0) is 4.79 Å². The van der Waals surface area contributed by atoms with E-state index in [0.717, 1.165) is 19.9 Å². The highest BCUT2D eigenvalue weighted by atomic mass is 19.3. The van der Waals surface area contributed by atoms with E-state index in [1.807, 2.05) is 5.32 Å². The Kier molecular flexibility index (Phi) is 9.59. The van der Waals surface area contributed by atoms with Gasteiger partial charge in [-0.2, -0.15) is 5.10 Å². The molecule has 2 unspecified atom stereocenters. The molecule has 0 spiro atoms. The summed E-state index contributed by atoms with van der Waals surface area (Å²) in [7, 11) is 0. The largest absolute Gasteiger partial charge is 0.352 e. The van der Waals surface area contributed by atoms with Crippen LogP contribution in [0.15, 0.2) is 18.5 Å². The first kappa shape index (κ1) is 33.2. The third kappa shape index (κ3) is 7.32. The van der Waals surface area contributed by atoms with Crippen molar-refractivity contribution >= 4 is 22.8 Å². The number of H-pyrrole nitrogens is 1. The van der Waals surface area contributed by atoms with Crippen molar-refractivity contribution < 1.29 is 40.3 Å². The van der Waals surface area contributed by atoms with Crippen LogP contribution >= 0.6 is 0 Å². The van der Waals surface area contributed by atoms with Gasteiger partial charge >= 0.3 is 0 Å². The zero-order valence-electron chi connectivity index (χ0n) is 24.5. The van der Waals surface area contributed by atoms with Gasteiger partial charge in [0, 0.05) is 24.4 Å². The minimum absolute atomic E-state index is 0.00925. The fourth-order valence-corrected chi connectivity index (χ4v) is 5.28. The van der Waals surface area contributed by atoms with E-state index in [4.69, 9.17) is 0 Å². The number of fused-ring (bicyclic) bond motifs is 1. The Morgan fingerprint density at radius 2 is 1.82 bits per heavy atom. The van der Waals surface area contributed by atoms with Crippen molar-refractivity contribution in [2.24, 2.45) is 5.92 Å². The van der Waals surface area contributed by atoms with Crippen molar-refractivity contribution in [3.63, 3.8) is 0 Å². The first-order chi connectivity index (χ1) is 20.5. The van der Waals surface area contributed by atoms with Gasteiger partial charge in [-0.3, -0.25) is 9.59 Å². The van der Waals surface area contributed by atoms with Crippen molar-refractivity contribution in [1.29, 1.82) is 0 Å². The van der Waals surface area contributed by atoms with Crippen LogP contribution in [0.1, 0.15) is 93.4 Å². The minimum Gasteiger partial charge on any atom is -0.352 e. The number of rotatable bonds is 11. The molecule has 3 N–H and O–H groups in total. The summed E-state index contributed by atoms with van der Waals surface area (Å²) in [6, 6.07) is 0.870. The van der Waals surface area contributed by atoms with Crippen LogP contribution in [-0.4, -0.2) is 67.3 Å². The fraction of sp³-hybridized carbons (Fsp3) is 0.607. The van der Waals surface area contributed by atoms with Gasteiger partial charge in [-0.1, -0.05) is 6.07 Å². The summed E-state index contributed by atoms with van der Waals surface area (Å²) in [5.74, 6) is -9.19. The Morgan fingerprint density at radius 3 is 2.41 bits per heavy atom. The predicted octanol–water partition coefficient (Wildman–Crippen LogP) is 5.72. The number of nitrogens with one attached hydrogen (secondary N) is 3. The number of alkyl halides is 6. The van der Waals surface area contributed by atoms with E-state index in [1.54, 1.807) is 13.8 Å². The molecule has 16 heteroatoms. The van der Waals surface area contributed by atoms with Gasteiger partial charge in [-0.25, -0.2) is 45.4 Å². The maximum absolute atomic E-state index is 15.9. The molecule has 0 radical (unpaired) electrons. The molecule has 3 atom stereocenters. The van der Waals surface area contributed by atoms with Gasteiger partial charge < -0.3 is 15.6 Å². The summed E-state index contributed by atoms with van der Waals surface area (Å²) in [4.78, 5) is 37.1. The molecule has 2 heterocycles. The number of benzene rings is 1. The zero-order chi connectivity index (χ0) is 32.6. The van der Waals surface area contributed by atoms with E-state index in [2.05, 4.69) is 25.4 Å². The summed E-state index contributed by atoms with van der Waals surface area (Å²) in [5, 5.41) is 8.82. The molecule has 2 aromatic heterocycles. The second-order valence-electron chi connectivity index (χ2n) is 11.9. The predicted molar refractivity (Wildman–Crippen MR) is 145 cm³/mol. The zero-order valence-corrected chi connectivity index (χ0v) is 24.5. The lowest BCUT2D eigenvalue weighted by Gasteiger charge is -2.33. The van der Waals surface area contributed by atoms with Crippen LogP contribution in [0.2, 0.25) is 0 Å². The second kappa shape index (κ2) is 12.7. The Labute approximate surface area is 248 Å². The Hall–Kier alpha value is -3.72. The molecule has 0 saturated heterocycles. The van der Waals surface area contributed by atoms with E-state index in [9.17, 15) is 35.9 Å². The highest BCUT2D eigenvalue weighted by Crippen LogP contribution is 2.42.